The molecule has 90 valence electrons. The summed E-state index contributed by atoms with van der Waals surface area (Å²) in [5, 5.41) is 0. The lowest BCUT2D eigenvalue weighted by atomic mass is 9.81. The highest BCUT2D eigenvalue weighted by atomic mass is 16.2. The summed E-state index contributed by atoms with van der Waals surface area (Å²) in [6, 6.07) is 0. The van der Waals surface area contributed by atoms with Crippen LogP contribution in [0.3, 0.4) is 0 Å². The van der Waals surface area contributed by atoms with Crippen LogP contribution in [0, 0.1) is 5.41 Å². The van der Waals surface area contributed by atoms with Gasteiger partial charge in [0.2, 0.25) is 0 Å². The molecule has 0 fully saturated rings. The van der Waals surface area contributed by atoms with E-state index in [1.54, 1.807) is 6.92 Å². The average Bonchev–Trinajstić information content (AvgIpc) is 2.20. The third-order valence-electron chi connectivity index (χ3n) is 2.67. The van der Waals surface area contributed by atoms with E-state index < -0.39 is 5.54 Å². The molecule has 1 aliphatic rings. The van der Waals surface area contributed by atoms with Crippen molar-refractivity contribution in [3.05, 3.63) is 11.6 Å². The first-order valence-corrected chi connectivity index (χ1v) is 5.61. The van der Waals surface area contributed by atoms with E-state index in [0.29, 0.717) is 5.57 Å². The second kappa shape index (κ2) is 3.72. The molecule has 0 saturated heterocycles. The molecule has 1 aliphatic heterocycles. The number of amides is 2. The fourth-order valence-electron chi connectivity index (χ4n) is 2.54. The maximum atomic E-state index is 11.9. The number of carbonyl (C=O) groups excluding carboxylic acids is 2. The fraction of sp³-hybridized carbons (Fsp3) is 0.692. The van der Waals surface area contributed by atoms with Crippen molar-refractivity contribution < 1.29 is 9.59 Å². The summed E-state index contributed by atoms with van der Waals surface area (Å²) in [6.07, 6.45) is 2.21. The second-order valence-corrected chi connectivity index (χ2v) is 6.36. The van der Waals surface area contributed by atoms with Crippen LogP contribution in [-0.2, 0) is 9.59 Å². The second-order valence-electron chi connectivity index (χ2n) is 6.36. The van der Waals surface area contributed by atoms with Crippen molar-refractivity contribution in [2.45, 2.75) is 53.5 Å². The maximum absolute atomic E-state index is 11.9. The quantitative estimate of drug-likeness (QED) is 0.674. The minimum absolute atomic E-state index is 0.0839. The van der Waals surface area contributed by atoms with Crippen LogP contribution in [0.1, 0.15) is 48.0 Å². The Morgan fingerprint density at radius 2 is 1.62 bits per heavy atom. The SMILES string of the molecule is CC1=CC(=O)N(C(C)(C)CC(C)(C)C)C1=O. The van der Waals surface area contributed by atoms with E-state index in [9.17, 15) is 9.59 Å². The number of carbonyl (C=O) groups is 2. The van der Waals surface area contributed by atoms with Crippen molar-refractivity contribution in [2.24, 2.45) is 5.41 Å². The van der Waals surface area contributed by atoms with Gasteiger partial charge in [0.25, 0.3) is 11.8 Å². The lowest BCUT2D eigenvalue weighted by Crippen LogP contribution is -2.49. The molecule has 0 unspecified atom stereocenters. The summed E-state index contributed by atoms with van der Waals surface area (Å²) in [5.74, 6) is -0.337. The zero-order chi connectivity index (χ0) is 12.7. The Balaban J connectivity index is 2.94. The van der Waals surface area contributed by atoms with E-state index in [1.807, 2.05) is 13.8 Å². The summed E-state index contributed by atoms with van der Waals surface area (Å²) in [4.78, 5) is 25.0. The van der Waals surface area contributed by atoms with Crippen molar-refractivity contribution in [2.75, 3.05) is 0 Å². The van der Waals surface area contributed by atoms with Gasteiger partial charge in [-0.15, -0.1) is 0 Å². The Bertz CT molecular complexity index is 359. The number of hydrogen-bond donors (Lipinski definition) is 0. The fourth-order valence-corrected chi connectivity index (χ4v) is 2.54. The van der Waals surface area contributed by atoms with Gasteiger partial charge in [0.1, 0.15) is 0 Å². The minimum atomic E-state index is -0.430. The number of nitrogens with zero attached hydrogens (tertiary/aromatic N) is 1. The first kappa shape index (κ1) is 12.9. The van der Waals surface area contributed by atoms with Gasteiger partial charge >= 0.3 is 0 Å². The summed E-state index contributed by atoms with van der Waals surface area (Å²) >= 11 is 0. The molecular weight excluding hydrogens is 202 g/mol. The highest BCUT2D eigenvalue weighted by molar-refractivity contribution is 6.16. The third kappa shape index (κ3) is 2.52. The van der Waals surface area contributed by atoms with E-state index in [4.69, 9.17) is 0 Å². The van der Waals surface area contributed by atoms with Gasteiger partial charge in [-0.25, -0.2) is 0 Å². The first-order valence-electron chi connectivity index (χ1n) is 5.61. The van der Waals surface area contributed by atoms with E-state index >= 15 is 0 Å². The molecular formula is C13H21NO2. The highest BCUT2D eigenvalue weighted by Crippen LogP contribution is 2.33. The number of imide groups is 1. The van der Waals surface area contributed by atoms with Crippen LogP contribution >= 0.6 is 0 Å². The average molecular weight is 223 g/mol. The van der Waals surface area contributed by atoms with Gasteiger partial charge in [-0.1, -0.05) is 20.8 Å². The van der Waals surface area contributed by atoms with E-state index in [1.165, 1.54) is 11.0 Å². The molecule has 0 aromatic carbocycles. The van der Waals surface area contributed by atoms with Gasteiger partial charge < -0.3 is 0 Å². The molecule has 0 saturated carbocycles. The summed E-state index contributed by atoms with van der Waals surface area (Å²) in [5.41, 5.74) is 0.188. The van der Waals surface area contributed by atoms with Crippen LogP contribution in [0.25, 0.3) is 0 Å². The highest BCUT2D eigenvalue weighted by Gasteiger charge is 2.41. The van der Waals surface area contributed by atoms with Crippen LogP contribution in [-0.4, -0.2) is 22.3 Å². The molecule has 0 aromatic heterocycles. The molecule has 1 rings (SSSR count). The topological polar surface area (TPSA) is 37.4 Å². The smallest absolute Gasteiger partial charge is 0.257 e. The van der Waals surface area contributed by atoms with Gasteiger partial charge in [-0.05, 0) is 32.6 Å². The lowest BCUT2D eigenvalue weighted by molar-refractivity contribution is -0.144. The Labute approximate surface area is 97.5 Å². The molecule has 0 radical (unpaired) electrons. The summed E-state index contributed by atoms with van der Waals surface area (Å²) in [6.45, 7) is 11.9. The molecule has 0 spiro atoms. The third-order valence-corrected chi connectivity index (χ3v) is 2.67. The van der Waals surface area contributed by atoms with Crippen molar-refractivity contribution in [1.29, 1.82) is 0 Å². The summed E-state index contributed by atoms with van der Waals surface area (Å²) in [7, 11) is 0. The Morgan fingerprint density at radius 1 is 1.12 bits per heavy atom. The molecule has 0 atom stereocenters. The van der Waals surface area contributed by atoms with Crippen LogP contribution in [0.15, 0.2) is 11.6 Å². The molecule has 0 bridgehead atoms. The predicted molar refractivity (Wildman–Crippen MR) is 63.8 cm³/mol. The van der Waals surface area contributed by atoms with Crippen molar-refractivity contribution in [1.82, 2.24) is 4.90 Å². The standard InChI is InChI=1S/C13H21NO2/c1-9-7-10(15)14(11(9)16)13(5,6)8-12(2,3)4/h7H,8H2,1-6H3. The van der Waals surface area contributed by atoms with Crippen LogP contribution < -0.4 is 0 Å². The van der Waals surface area contributed by atoms with Crippen molar-refractivity contribution in [3.63, 3.8) is 0 Å². The molecule has 1 heterocycles. The van der Waals surface area contributed by atoms with Crippen LogP contribution in [0.2, 0.25) is 0 Å². The molecule has 3 nitrogen and oxygen atoms in total. The number of hydrogen-bond acceptors (Lipinski definition) is 2. The van der Waals surface area contributed by atoms with Gasteiger partial charge in [0, 0.05) is 17.2 Å². The Kier molecular flexibility index (Phi) is 3.01. The largest absolute Gasteiger partial charge is 0.269 e. The minimum Gasteiger partial charge on any atom is -0.269 e. The Hall–Kier alpha value is -1.12. The molecule has 3 heteroatoms. The van der Waals surface area contributed by atoms with Crippen LogP contribution in [0.5, 0.6) is 0 Å². The van der Waals surface area contributed by atoms with E-state index in [2.05, 4.69) is 20.8 Å². The predicted octanol–water partition coefficient (Wildman–Crippen LogP) is 2.52. The molecule has 0 N–H and O–H groups in total. The molecule has 0 aliphatic carbocycles. The van der Waals surface area contributed by atoms with Gasteiger partial charge in [0.05, 0.1) is 0 Å². The summed E-state index contributed by atoms with van der Waals surface area (Å²) < 4.78 is 0. The molecule has 2 amide bonds. The lowest BCUT2D eigenvalue weighted by Gasteiger charge is -2.38. The van der Waals surface area contributed by atoms with Crippen molar-refractivity contribution >= 4 is 11.8 Å². The van der Waals surface area contributed by atoms with Gasteiger partial charge in [-0.3, -0.25) is 14.5 Å². The zero-order valence-corrected chi connectivity index (χ0v) is 11.0. The normalized spacial score (nSPS) is 18.1. The van der Waals surface area contributed by atoms with E-state index in [0.717, 1.165) is 6.42 Å². The van der Waals surface area contributed by atoms with E-state index in [-0.39, 0.29) is 17.2 Å². The Morgan fingerprint density at radius 3 is 1.94 bits per heavy atom. The van der Waals surface area contributed by atoms with Gasteiger partial charge in [-0.2, -0.15) is 0 Å². The number of rotatable bonds is 2. The van der Waals surface area contributed by atoms with Gasteiger partial charge in [0.15, 0.2) is 0 Å². The maximum Gasteiger partial charge on any atom is 0.257 e. The van der Waals surface area contributed by atoms with Crippen molar-refractivity contribution in [3.8, 4) is 0 Å². The zero-order valence-electron chi connectivity index (χ0n) is 11.0. The molecule has 16 heavy (non-hydrogen) atoms. The first-order chi connectivity index (χ1) is 7.04. The molecule has 0 aromatic rings. The van der Waals surface area contributed by atoms with Crippen LogP contribution in [0.4, 0.5) is 0 Å². The monoisotopic (exact) mass is 223 g/mol.